The summed E-state index contributed by atoms with van der Waals surface area (Å²) in [4.78, 5) is 0. The first-order chi connectivity index (χ1) is 11.6. The van der Waals surface area contributed by atoms with Crippen LogP contribution in [0.15, 0.2) is 72.8 Å². The van der Waals surface area contributed by atoms with E-state index < -0.39 is 0 Å². The summed E-state index contributed by atoms with van der Waals surface area (Å²) in [6.07, 6.45) is 0. The summed E-state index contributed by atoms with van der Waals surface area (Å²) in [5.41, 5.74) is 7.24. The van der Waals surface area contributed by atoms with E-state index in [1.807, 2.05) is 0 Å². The van der Waals surface area contributed by atoms with Crippen molar-refractivity contribution in [2.75, 3.05) is 19.4 Å². The molecular formula is C21H22ClN3. The number of anilines is 2. The summed E-state index contributed by atoms with van der Waals surface area (Å²) in [6.45, 7) is 2.13. The predicted octanol–water partition coefficient (Wildman–Crippen LogP) is 2.50. The number of rotatable bonds is 2. The average Bonchev–Trinajstić information content (AvgIpc) is 2.60. The van der Waals surface area contributed by atoms with Crippen molar-refractivity contribution < 1.29 is 12.4 Å². The van der Waals surface area contributed by atoms with Crippen molar-refractivity contribution in [1.82, 2.24) is 9.60 Å². The SMILES string of the molecule is Cc1ccc2c(c1)Nc1ccccc1[N+]2(c1ccccc1)N(C)C.[Cl-]. The molecule has 0 aliphatic carbocycles. The van der Waals surface area contributed by atoms with E-state index >= 15 is 0 Å². The summed E-state index contributed by atoms with van der Waals surface area (Å²) < 4.78 is 0.569. The lowest BCUT2D eigenvalue weighted by atomic mass is 10.0. The second kappa shape index (κ2) is 6.52. The number of halogens is 1. The summed E-state index contributed by atoms with van der Waals surface area (Å²) in [6, 6.07) is 25.9. The average molecular weight is 352 g/mol. The van der Waals surface area contributed by atoms with E-state index in [2.05, 4.69) is 104 Å². The van der Waals surface area contributed by atoms with Crippen molar-refractivity contribution in [3.05, 3.63) is 78.4 Å². The van der Waals surface area contributed by atoms with Gasteiger partial charge in [0.2, 0.25) is 0 Å². The van der Waals surface area contributed by atoms with Crippen LogP contribution in [0.1, 0.15) is 5.56 Å². The molecule has 128 valence electrons. The van der Waals surface area contributed by atoms with Gasteiger partial charge in [0.25, 0.3) is 0 Å². The fourth-order valence-electron chi connectivity index (χ4n) is 3.75. The number of nitrogens with zero attached hydrogens (tertiary/aromatic N) is 2. The van der Waals surface area contributed by atoms with Gasteiger partial charge in [-0.25, -0.2) is 0 Å². The Bertz CT molecular complexity index is 893. The second-order valence-corrected chi connectivity index (χ2v) is 6.48. The molecule has 25 heavy (non-hydrogen) atoms. The molecule has 0 saturated heterocycles. The number of fused-ring (bicyclic) bond motifs is 2. The molecule has 1 atom stereocenters. The van der Waals surface area contributed by atoms with Gasteiger partial charge in [-0.3, -0.25) is 0 Å². The van der Waals surface area contributed by atoms with Crippen molar-refractivity contribution in [2.45, 2.75) is 6.92 Å². The van der Waals surface area contributed by atoms with E-state index in [4.69, 9.17) is 0 Å². The molecule has 0 saturated carbocycles. The van der Waals surface area contributed by atoms with Gasteiger partial charge in [0, 0.05) is 38.4 Å². The maximum atomic E-state index is 3.62. The molecule has 0 fully saturated rings. The molecule has 0 spiro atoms. The fourth-order valence-corrected chi connectivity index (χ4v) is 3.75. The van der Waals surface area contributed by atoms with Gasteiger partial charge in [-0.15, -0.1) is 9.60 Å². The number of benzene rings is 3. The number of aryl methyl sites for hydroxylation is 1. The Kier molecular flexibility index (Phi) is 4.56. The largest absolute Gasteiger partial charge is 1.00 e. The Morgan fingerprint density at radius 1 is 0.760 bits per heavy atom. The highest BCUT2D eigenvalue weighted by Gasteiger charge is 2.46. The van der Waals surface area contributed by atoms with Crippen LogP contribution in [0.5, 0.6) is 0 Å². The van der Waals surface area contributed by atoms with Crippen LogP contribution in [0.25, 0.3) is 0 Å². The fraction of sp³-hybridized carbons (Fsp3) is 0.143. The molecule has 0 radical (unpaired) electrons. The van der Waals surface area contributed by atoms with Crippen LogP contribution in [-0.4, -0.2) is 19.1 Å². The van der Waals surface area contributed by atoms with Crippen molar-refractivity contribution in [3.8, 4) is 0 Å². The van der Waals surface area contributed by atoms with Crippen LogP contribution in [-0.2, 0) is 0 Å². The molecule has 4 rings (SSSR count). The lowest BCUT2D eigenvalue weighted by Crippen LogP contribution is -3.00. The van der Waals surface area contributed by atoms with Crippen LogP contribution in [0.2, 0.25) is 0 Å². The molecular weight excluding hydrogens is 330 g/mol. The molecule has 1 unspecified atom stereocenters. The van der Waals surface area contributed by atoms with Crippen LogP contribution in [0, 0.1) is 6.92 Å². The lowest BCUT2D eigenvalue weighted by Gasteiger charge is -2.45. The zero-order chi connectivity index (χ0) is 16.7. The highest BCUT2D eigenvalue weighted by Crippen LogP contribution is 2.54. The smallest absolute Gasteiger partial charge is 0.186 e. The first-order valence-electron chi connectivity index (χ1n) is 8.24. The normalized spacial score (nSPS) is 17.9. The summed E-state index contributed by atoms with van der Waals surface area (Å²) >= 11 is 0. The second-order valence-electron chi connectivity index (χ2n) is 6.48. The molecule has 1 aliphatic heterocycles. The van der Waals surface area contributed by atoms with E-state index in [1.165, 1.54) is 22.6 Å². The number of hydrogen-bond donors (Lipinski definition) is 1. The lowest BCUT2D eigenvalue weighted by molar-refractivity contribution is -0.00000486. The van der Waals surface area contributed by atoms with E-state index in [-0.39, 0.29) is 12.4 Å². The van der Waals surface area contributed by atoms with E-state index in [0.717, 1.165) is 11.4 Å². The van der Waals surface area contributed by atoms with Crippen molar-refractivity contribution in [1.29, 1.82) is 0 Å². The van der Waals surface area contributed by atoms with Crippen LogP contribution >= 0.6 is 0 Å². The van der Waals surface area contributed by atoms with Gasteiger partial charge >= 0.3 is 0 Å². The number of quaternary nitrogens is 1. The monoisotopic (exact) mass is 351 g/mol. The van der Waals surface area contributed by atoms with Gasteiger partial charge < -0.3 is 17.7 Å². The van der Waals surface area contributed by atoms with Gasteiger partial charge in [-0.1, -0.05) is 36.4 Å². The van der Waals surface area contributed by atoms with Gasteiger partial charge in [0.05, 0.1) is 0 Å². The summed E-state index contributed by atoms with van der Waals surface area (Å²) in [5.74, 6) is 0. The van der Waals surface area contributed by atoms with E-state index in [1.54, 1.807) is 0 Å². The van der Waals surface area contributed by atoms with E-state index in [0.29, 0.717) is 4.59 Å². The van der Waals surface area contributed by atoms with E-state index in [9.17, 15) is 0 Å². The minimum absolute atomic E-state index is 0. The number of hydrogen-bond acceptors (Lipinski definition) is 2. The van der Waals surface area contributed by atoms with Gasteiger partial charge in [0.1, 0.15) is 11.4 Å². The van der Waals surface area contributed by atoms with Gasteiger partial charge in [-0.05, 0) is 24.6 Å². The van der Waals surface area contributed by atoms with Crippen LogP contribution in [0.3, 0.4) is 0 Å². The molecule has 0 aromatic heterocycles. The third-order valence-corrected chi connectivity index (χ3v) is 4.75. The summed E-state index contributed by atoms with van der Waals surface area (Å²) in [5, 5.41) is 5.89. The summed E-state index contributed by atoms with van der Waals surface area (Å²) in [7, 11) is 4.28. The molecule has 0 amide bonds. The molecule has 1 heterocycles. The quantitative estimate of drug-likeness (QED) is 0.714. The van der Waals surface area contributed by atoms with Gasteiger partial charge in [-0.2, -0.15) is 0 Å². The Balaban J connectivity index is 0.00000182. The number of para-hydroxylation sites is 3. The topological polar surface area (TPSA) is 15.3 Å². The highest BCUT2D eigenvalue weighted by molar-refractivity contribution is 5.92. The maximum absolute atomic E-state index is 3.62. The maximum Gasteiger partial charge on any atom is 0.186 e. The first-order valence-corrected chi connectivity index (χ1v) is 8.24. The molecule has 3 nitrogen and oxygen atoms in total. The third kappa shape index (κ3) is 2.52. The van der Waals surface area contributed by atoms with Crippen LogP contribution < -0.4 is 22.3 Å². The minimum atomic E-state index is 0. The Morgan fingerprint density at radius 3 is 2.12 bits per heavy atom. The highest BCUT2D eigenvalue weighted by atomic mass is 35.5. The zero-order valence-corrected chi connectivity index (χ0v) is 15.5. The molecule has 4 heteroatoms. The molecule has 1 N–H and O–H groups in total. The standard InChI is InChI=1S/C21H22N3.ClH/c1-16-13-14-21-19(15-16)22-18-11-7-8-12-20(18)24(21,23(2)3)17-9-5-4-6-10-17;/h4-15,22H,1-3H3;1H/q+1;/p-1. The van der Waals surface area contributed by atoms with Crippen molar-refractivity contribution in [2.24, 2.45) is 0 Å². The Hall–Kier alpha value is -2.33. The predicted molar refractivity (Wildman–Crippen MR) is 102 cm³/mol. The Labute approximate surface area is 155 Å². The van der Waals surface area contributed by atoms with Gasteiger partial charge in [0.15, 0.2) is 17.1 Å². The zero-order valence-electron chi connectivity index (χ0n) is 14.7. The molecule has 3 aromatic carbocycles. The van der Waals surface area contributed by atoms with Crippen molar-refractivity contribution >= 4 is 28.4 Å². The Morgan fingerprint density at radius 2 is 1.40 bits per heavy atom. The third-order valence-electron chi connectivity index (χ3n) is 4.75. The van der Waals surface area contributed by atoms with Crippen LogP contribution in [0.4, 0.5) is 28.4 Å². The molecule has 1 aliphatic rings. The number of nitrogens with one attached hydrogen (secondary N) is 1. The molecule has 0 bridgehead atoms. The minimum Gasteiger partial charge on any atom is -1.00 e. The first kappa shape index (κ1) is 17.5. The van der Waals surface area contributed by atoms with Crippen molar-refractivity contribution in [3.63, 3.8) is 0 Å². The molecule has 3 aromatic rings.